The van der Waals surface area contributed by atoms with E-state index in [4.69, 9.17) is 0 Å². The lowest BCUT2D eigenvalue weighted by atomic mass is 10.2. The van der Waals surface area contributed by atoms with Gasteiger partial charge in [0.15, 0.2) is 0 Å². The van der Waals surface area contributed by atoms with Crippen LogP contribution in [0.3, 0.4) is 0 Å². The molecule has 0 radical (unpaired) electrons. The van der Waals surface area contributed by atoms with Crippen molar-refractivity contribution in [2.24, 2.45) is 0 Å². The summed E-state index contributed by atoms with van der Waals surface area (Å²) in [5.74, 6) is 0. The smallest absolute Gasteiger partial charge is 0.0953 e. The van der Waals surface area contributed by atoms with Gasteiger partial charge in [-0.2, -0.15) is 0 Å². The van der Waals surface area contributed by atoms with Crippen LogP contribution in [0.15, 0.2) is 12.2 Å². The van der Waals surface area contributed by atoms with Crippen molar-refractivity contribution < 1.29 is 4.65 Å². The summed E-state index contributed by atoms with van der Waals surface area (Å²) in [5.41, 5.74) is 0. The van der Waals surface area contributed by atoms with Crippen LogP contribution in [0.25, 0.3) is 0 Å². The van der Waals surface area contributed by atoms with E-state index in [1.54, 1.807) is 14.1 Å². The van der Waals surface area contributed by atoms with Crippen LogP contribution in [0.1, 0.15) is 12.8 Å². The van der Waals surface area contributed by atoms with Gasteiger partial charge in [-0.1, -0.05) is 12.2 Å². The minimum atomic E-state index is -0.146. The molecule has 0 aliphatic heterocycles. The monoisotopic (exact) mass is 127 g/mol. The molecule has 1 aliphatic carbocycles. The molecule has 2 heteroatoms. The van der Waals surface area contributed by atoms with Crippen LogP contribution in [0.2, 0.25) is 0 Å². The molecule has 0 saturated carbocycles. The van der Waals surface area contributed by atoms with Crippen molar-refractivity contribution in [1.29, 1.82) is 0 Å². The molecule has 0 aromatic carbocycles. The second-order valence-electron chi connectivity index (χ2n) is 3.03. The maximum absolute atomic E-state index is 11.2. The highest BCUT2D eigenvalue weighted by molar-refractivity contribution is 4.95. The van der Waals surface area contributed by atoms with Crippen molar-refractivity contribution in [3.63, 3.8) is 0 Å². The Balaban J connectivity index is 2.46. The van der Waals surface area contributed by atoms with E-state index in [0.717, 1.165) is 12.8 Å². The van der Waals surface area contributed by atoms with E-state index in [1.807, 2.05) is 0 Å². The summed E-state index contributed by atoms with van der Waals surface area (Å²) in [7, 11) is 3.41. The number of hydrogen-bond acceptors (Lipinski definition) is 1. The van der Waals surface area contributed by atoms with E-state index in [0.29, 0.717) is 0 Å². The summed E-state index contributed by atoms with van der Waals surface area (Å²) in [6.07, 6.45) is 6.08. The van der Waals surface area contributed by atoms with Gasteiger partial charge in [0.2, 0.25) is 0 Å². The first-order valence-electron chi connectivity index (χ1n) is 3.30. The van der Waals surface area contributed by atoms with Crippen molar-refractivity contribution in [3.05, 3.63) is 17.4 Å². The summed E-state index contributed by atoms with van der Waals surface area (Å²) in [5, 5.41) is 11.2. The summed E-state index contributed by atoms with van der Waals surface area (Å²) in [6.45, 7) is 0. The third kappa shape index (κ3) is 1.53. The molecule has 0 aromatic heterocycles. The fourth-order valence-corrected chi connectivity index (χ4v) is 1.11. The van der Waals surface area contributed by atoms with Crippen LogP contribution in [0.5, 0.6) is 0 Å². The fourth-order valence-electron chi connectivity index (χ4n) is 1.11. The molecule has 0 aromatic rings. The number of quaternary nitrogens is 1. The van der Waals surface area contributed by atoms with Crippen LogP contribution >= 0.6 is 0 Å². The Morgan fingerprint density at radius 1 is 1.33 bits per heavy atom. The summed E-state index contributed by atoms with van der Waals surface area (Å²) in [4.78, 5) is 0. The number of hydrogen-bond donors (Lipinski definition) is 0. The first-order valence-corrected chi connectivity index (χ1v) is 3.30. The lowest BCUT2D eigenvalue weighted by Crippen LogP contribution is -2.41. The predicted molar refractivity (Wildman–Crippen MR) is 37.6 cm³/mol. The molecule has 1 aliphatic rings. The first kappa shape index (κ1) is 6.78. The second-order valence-corrected chi connectivity index (χ2v) is 3.03. The summed E-state index contributed by atoms with van der Waals surface area (Å²) >= 11 is 0. The molecule has 0 amide bonds. The van der Waals surface area contributed by atoms with Gasteiger partial charge in [0.1, 0.15) is 0 Å². The van der Waals surface area contributed by atoms with E-state index >= 15 is 0 Å². The molecule has 0 unspecified atom stereocenters. The highest BCUT2D eigenvalue weighted by Gasteiger charge is 2.20. The number of hydroxylamine groups is 3. The van der Waals surface area contributed by atoms with Gasteiger partial charge in [-0.05, 0) is 0 Å². The van der Waals surface area contributed by atoms with Gasteiger partial charge in [0.05, 0.1) is 20.1 Å². The average molecular weight is 127 g/mol. The van der Waals surface area contributed by atoms with Gasteiger partial charge in [-0.15, -0.1) is 0 Å². The van der Waals surface area contributed by atoms with Crippen molar-refractivity contribution in [2.75, 3.05) is 14.1 Å². The fraction of sp³-hybridized carbons (Fsp3) is 0.714. The van der Waals surface area contributed by atoms with Gasteiger partial charge in [-0.3, -0.25) is 0 Å². The predicted octanol–water partition coefficient (Wildman–Crippen LogP) is 1.28. The second kappa shape index (κ2) is 2.12. The van der Waals surface area contributed by atoms with Gasteiger partial charge in [-0.25, -0.2) is 0 Å². The largest absolute Gasteiger partial charge is 0.633 e. The van der Waals surface area contributed by atoms with Crippen LogP contribution in [0.4, 0.5) is 0 Å². The molecule has 2 nitrogen and oxygen atoms in total. The van der Waals surface area contributed by atoms with Crippen LogP contribution in [0, 0.1) is 5.21 Å². The van der Waals surface area contributed by atoms with Gasteiger partial charge in [0.25, 0.3) is 0 Å². The molecular formula is C7H13NO. The van der Waals surface area contributed by atoms with Crippen molar-refractivity contribution in [1.82, 2.24) is 0 Å². The van der Waals surface area contributed by atoms with E-state index < -0.39 is 0 Å². The molecule has 0 N–H and O–H groups in total. The van der Waals surface area contributed by atoms with Crippen LogP contribution in [-0.2, 0) is 0 Å². The maximum atomic E-state index is 11.2. The third-order valence-corrected chi connectivity index (χ3v) is 1.86. The number of nitrogens with zero attached hydrogens (tertiary/aromatic N) is 1. The Morgan fingerprint density at radius 2 is 1.78 bits per heavy atom. The molecule has 0 saturated heterocycles. The zero-order chi connectivity index (χ0) is 6.91. The number of rotatable bonds is 1. The summed E-state index contributed by atoms with van der Waals surface area (Å²) < 4.78 is -0.146. The highest BCUT2D eigenvalue weighted by Crippen LogP contribution is 2.19. The molecule has 0 heterocycles. The molecule has 0 fully saturated rings. The molecular weight excluding hydrogens is 114 g/mol. The minimum absolute atomic E-state index is 0.146. The Morgan fingerprint density at radius 3 is 2.00 bits per heavy atom. The molecule has 0 atom stereocenters. The lowest BCUT2D eigenvalue weighted by Gasteiger charge is -2.39. The molecule has 0 spiro atoms. The molecule has 52 valence electrons. The zero-order valence-electron chi connectivity index (χ0n) is 6.00. The molecule has 1 rings (SSSR count). The quantitative estimate of drug-likeness (QED) is 0.295. The van der Waals surface area contributed by atoms with Gasteiger partial charge >= 0.3 is 0 Å². The van der Waals surface area contributed by atoms with Crippen LogP contribution < -0.4 is 0 Å². The van der Waals surface area contributed by atoms with E-state index in [2.05, 4.69) is 12.2 Å². The summed E-state index contributed by atoms with van der Waals surface area (Å²) in [6, 6.07) is 0.282. The Hall–Kier alpha value is -0.340. The van der Waals surface area contributed by atoms with E-state index in [-0.39, 0.29) is 10.7 Å². The Bertz CT molecular complexity index is 115. The van der Waals surface area contributed by atoms with Crippen molar-refractivity contribution >= 4 is 0 Å². The SMILES string of the molecule is C[N+](C)([O-])C1CC=CC1. The van der Waals surface area contributed by atoms with Crippen molar-refractivity contribution in [3.8, 4) is 0 Å². The zero-order valence-corrected chi connectivity index (χ0v) is 6.00. The van der Waals surface area contributed by atoms with Gasteiger partial charge in [0, 0.05) is 12.8 Å². The minimum Gasteiger partial charge on any atom is -0.633 e. The topological polar surface area (TPSA) is 23.1 Å². The average Bonchev–Trinajstić information content (AvgIpc) is 2.08. The van der Waals surface area contributed by atoms with Gasteiger partial charge < -0.3 is 9.85 Å². The van der Waals surface area contributed by atoms with E-state index in [1.165, 1.54) is 0 Å². The Labute approximate surface area is 56.0 Å². The van der Waals surface area contributed by atoms with Crippen molar-refractivity contribution in [2.45, 2.75) is 18.9 Å². The standard InChI is InChI=1S/C7H13NO/c1-8(2,9)7-5-3-4-6-7/h3-4,7H,5-6H2,1-2H3. The normalized spacial score (nSPS) is 21.2. The first-order chi connectivity index (χ1) is 4.11. The molecule has 9 heavy (non-hydrogen) atoms. The maximum Gasteiger partial charge on any atom is 0.0953 e. The highest BCUT2D eigenvalue weighted by atomic mass is 16.5. The Kier molecular flexibility index (Phi) is 1.60. The third-order valence-electron chi connectivity index (χ3n) is 1.86. The van der Waals surface area contributed by atoms with Crippen LogP contribution in [-0.4, -0.2) is 24.8 Å². The van der Waals surface area contributed by atoms with E-state index in [9.17, 15) is 5.21 Å². The lowest BCUT2D eigenvalue weighted by molar-refractivity contribution is -0.865. The molecule has 0 bridgehead atoms.